The number of carbonyl (C=O) groups excluding carboxylic acids is 1. The number of aromatic nitrogens is 2. The highest BCUT2D eigenvalue weighted by molar-refractivity contribution is 5.94. The minimum atomic E-state index is -0.359. The lowest BCUT2D eigenvalue weighted by Crippen LogP contribution is -2.27. The second kappa shape index (κ2) is 7.61. The fraction of sp³-hybridized carbons (Fsp3) is 0.375. The summed E-state index contributed by atoms with van der Waals surface area (Å²) >= 11 is 0. The van der Waals surface area contributed by atoms with Crippen LogP contribution >= 0.6 is 0 Å². The molecule has 0 saturated carbocycles. The topological polar surface area (TPSA) is 76.4 Å². The summed E-state index contributed by atoms with van der Waals surface area (Å²) in [6.07, 6.45) is 1.70. The molecule has 0 radical (unpaired) electrons. The highest BCUT2D eigenvalue weighted by Crippen LogP contribution is 2.20. The van der Waals surface area contributed by atoms with E-state index in [4.69, 9.17) is 9.84 Å². The molecule has 0 bridgehead atoms. The van der Waals surface area contributed by atoms with Crippen LogP contribution in [0, 0.1) is 5.92 Å². The monoisotopic (exact) mass is 303 g/mol. The molecule has 1 aromatic heterocycles. The number of nitrogens with one attached hydrogen (secondary N) is 1. The quantitative estimate of drug-likeness (QED) is 0.815. The van der Waals surface area contributed by atoms with Gasteiger partial charge in [-0.3, -0.25) is 4.79 Å². The molecule has 0 unspecified atom stereocenters. The van der Waals surface area contributed by atoms with Crippen molar-refractivity contribution in [2.24, 2.45) is 5.92 Å². The van der Waals surface area contributed by atoms with E-state index in [1.54, 1.807) is 10.9 Å². The van der Waals surface area contributed by atoms with Gasteiger partial charge in [0.15, 0.2) is 11.4 Å². The van der Waals surface area contributed by atoms with Crippen molar-refractivity contribution in [2.45, 2.75) is 13.8 Å². The van der Waals surface area contributed by atoms with Crippen LogP contribution in [-0.4, -0.2) is 40.6 Å². The first kappa shape index (κ1) is 16.0. The first-order chi connectivity index (χ1) is 10.6. The Bertz CT molecular complexity index is 608. The van der Waals surface area contributed by atoms with E-state index in [0.717, 1.165) is 5.69 Å². The van der Waals surface area contributed by atoms with Crippen LogP contribution in [0.1, 0.15) is 24.3 Å². The number of rotatable bonds is 7. The van der Waals surface area contributed by atoms with Gasteiger partial charge >= 0.3 is 0 Å². The normalized spacial score (nSPS) is 10.7. The minimum Gasteiger partial charge on any atom is -0.489 e. The van der Waals surface area contributed by atoms with Crippen LogP contribution in [0.2, 0.25) is 0 Å². The number of ether oxygens (including phenoxy) is 1. The van der Waals surface area contributed by atoms with Crippen LogP contribution in [0.5, 0.6) is 5.75 Å². The Morgan fingerprint density at radius 2 is 2.09 bits per heavy atom. The lowest BCUT2D eigenvalue weighted by molar-refractivity contribution is 0.0934. The molecule has 22 heavy (non-hydrogen) atoms. The SMILES string of the molecule is CC(C)COc1cn(-c2ccccc2)nc1C(=O)NCCO. The number of aliphatic hydroxyl groups is 1. The van der Waals surface area contributed by atoms with Gasteiger partial charge in [0.25, 0.3) is 5.91 Å². The summed E-state index contributed by atoms with van der Waals surface area (Å²) in [7, 11) is 0. The highest BCUT2D eigenvalue weighted by Gasteiger charge is 2.19. The first-order valence-electron chi connectivity index (χ1n) is 7.28. The number of aliphatic hydroxyl groups excluding tert-OH is 1. The molecule has 0 atom stereocenters. The van der Waals surface area contributed by atoms with Crippen molar-refractivity contribution in [3.8, 4) is 11.4 Å². The molecule has 118 valence electrons. The lowest BCUT2D eigenvalue weighted by atomic mass is 10.2. The van der Waals surface area contributed by atoms with Crippen molar-refractivity contribution in [3.05, 3.63) is 42.2 Å². The van der Waals surface area contributed by atoms with Gasteiger partial charge < -0.3 is 15.2 Å². The Morgan fingerprint density at radius 3 is 2.73 bits per heavy atom. The van der Waals surface area contributed by atoms with Gasteiger partial charge in [-0.1, -0.05) is 32.0 Å². The van der Waals surface area contributed by atoms with Gasteiger partial charge in [0, 0.05) is 6.54 Å². The van der Waals surface area contributed by atoms with Crippen molar-refractivity contribution in [1.29, 1.82) is 0 Å². The second-order valence-corrected chi connectivity index (χ2v) is 5.31. The summed E-state index contributed by atoms with van der Waals surface area (Å²) in [6, 6.07) is 9.51. The second-order valence-electron chi connectivity index (χ2n) is 5.31. The molecule has 0 aliphatic carbocycles. The van der Waals surface area contributed by atoms with Gasteiger partial charge in [0.1, 0.15) is 0 Å². The number of para-hydroxylation sites is 1. The summed E-state index contributed by atoms with van der Waals surface area (Å²) in [6.45, 7) is 4.63. The van der Waals surface area contributed by atoms with Crippen LogP contribution in [-0.2, 0) is 0 Å². The van der Waals surface area contributed by atoms with E-state index in [9.17, 15) is 4.79 Å². The Balaban J connectivity index is 2.28. The molecular weight excluding hydrogens is 282 g/mol. The summed E-state index contributed by atoms with van der Waals surface area (Å²) in [5.41, 5.74) is 1.07. The zero-order valence-electron chi connectivity index (χ0n) is 12.8. The third-order valence-corrected chi connectivity index (χ3v) is 2.89. The molecule has 2 N–H and O–H groups in total. The van der Waals surface area contributed by atoms with Gasteiger partial charge in [-0.2, -0.15) is 5.10 Å². The van der Waals surface area contributed by atoms with Crippen molar-refractivity contribution >= 4 is 5.91 Å². The van der Waals surface area contributed by atoms with E-state index in [1.165, 1.54) is 0 Å². The molecule has 1 amide bonds. The average Bonchev–Trinajstić information content (AvgIpc) is 2.96. The summed E-state index contributed by atoms with van der Waals surface area (Å²) < 4.78 is 7.31. The fourth-order valence-electron chi connectivity index (χ4n) is 1.84. The van der Waals surface area contributed by atoms with Crippen LogP contribution in [0.15, 0.2) is 36.5 Å². The van der Waals surface area contributed by atoms with Crippen LogP contribution < -0.4 is 10.1 Å². The van der Waals surface area contributed by atoms with Gasteiger partial charge in [-0.15, -0.1) is 0 Å². The molecule has 1 aromatic carbocycles. The standard InChI is InChI=1S/C16H21N3O3/c1-12(2)11-22-14-10-19(13-6-4-3-5-7-13)18-15(14)16(21)17-8-9-20/h3-7,10,12,20H,8-9,11H2,1-2H3,(H,17,21). The largest absolute Gasteiger partial charge is 0.489 e. The maximum Gasteiger partial charge on any atom is 0.275 e. The molecule has 0 aliphatic rings. The molecule has 2 aromatic rings. The molecular formula is C16H21N3O3. The van der Waals surface area contributed by atoms with E-state index in [1.807, 2.05) is 44.2 Å². The maximum absolute atomic E-state index is 12.1. The third kappa shape index (κ3) is 4.08. The Labute approximate surface area is 129 Å². The summed E-state index contributed by atoms with van der Waals surface area (Å²) in [5, 5.41) is 15.7. The van der Waals surface area contributed by atoms with Crippen molar-refractivity contribution < 1.29 is 14.6 Å². The maximum atomic E-state index is 12.1. The van der Waals surface area contributed by atoms with Crippen LogP contribution in [0.3, 0.4) is 0 Å². The molecule has 2 rings (SSSR count). The minimum absolute atomic E-state index is 0.118. The Hall–Kier alpha value is -2.34. The van der Waals surface area contributed by atoms with Crippen LogP contribution in [0.25, 0.3) is 5.69 Å². The van der Waals surface area contributed by atoms with Gasteiger partial charge in [-0.25, -0.2) is 4.68 Å². The molecule has 6 nitrogen and oxygen atoms in total. The van der Waals surface area contributed by atoms with E-state index in [0.29, 0.717) is 18.3 Å². The van der Waals surface area contributed by atoms with E-state index in [2.05, 4.69) is 10.4 Å². The van der Waals surface area contributed by atoms with Gasteiger partial charge in [0.2, 0.25) is 0 Å². The zero-order chi connectivity index (χ0) is 15.9. The van der Waals surface area contributed by atoms with Crippen molar-refractivity contribution in [1.82, 2.24) is 15.1 Å². The number of carbonyl (C=O) groups is 1. The predicted molar refractivity (Wildman–Crippen MR) is 83.3 cm³/mol. The molecule has 0 aliphatic heterocycles. The fourth-order valence-corrected chi connectivity index (χ4v) is 1.84. The van der Waals surface area contributed by atoms with Gasteiger partial charge in [0.05, 0.1) is 25.1 Å². The first-order valence-corrected chi connectivity index (χ1v) is 7.28. The molecule has 1 heterocycles. The smallest absolute Gasteiger partial charge is 0.275 e. The van der Waals surface area contributed by atoms with Gasteiger partial charge in [-0.05, 0) is 18.1 Å². The summed E-state index contributed by atoms with van der Waals surface area (Å²) in [4.78, 5) is 12.1. The van der Waals surface area contributed by atoms with Crippen molar-refractivity contribution in [2.75, 3.05) is 19.8 Å². The molecule has 0 fully saturated rings. The number of nitrogens with zero attached hydrogens (tertiary/aromatic N) is 2. The molecule has 6 heteroatoms. The molecule has 0 saturated heterocycles. The van der Waals surface area contributed by atoms with E-state index in [-0.39, 0.29) is 24.8 Å². The number of hydrogen-bond acceptors (Lipinski definition) is 4. The average molecular weight is 303 g/mol. The Kier molecular flexibility index (Phi) is 5.55. The van der Waals surface area contributed by atoms with Crippen LogP contribution in [0.4, 0.5) is 0 Å². The third-order valence-electron chi connectivity index (χ3n) is 2.89. The van der Waals surface area contributed by atoms with E-state index >= 15 is 0 Å². The number of amides is 1. The predicted octanol–water partition coefficient (Wildman–Crippen LogP) is 1.63. The zero-order valence-corrected chi connectivity index (χ0v) is 12.8. The lowest BCUT2D eigenvalue weighted by Gasteiger charge is -2.08. The number of benzene rings is 1. The molecule has 0 spiro atoms. The van der Waals surface area contributed by atoms with Crippen molar-refractivity contribution in [3.63, 3.8) is 0 Å². The Morgan fingerprint density at radius 1 is 1.36 bits per heavy atom. The van der Waals surface area contributed by atoms with E-state index < -0.39 is 0 Å². The highest BCUT2D eigenvalue weighted by atomic mass is 16.5. The number of hydrogen-bond donors (Lipinski definition) is 2. The summed E-state index contributed by atoms with van der Waals surface area (Å²) in [5.74, 6) is 0.420.